The fourth-order valence-electron chi connectivity index (χ4n) is 1.44. The predicted molar refractivity (Wildman–Crippen MR) is 70.4 cm³/mol. The number of nitrogens with one attached hydrogen (secondary N) is 1. The van der Waals surface area contributed by atoms with Gasteiger partial charge in [0.25, 0.3) is 0 Å². The summed E-state index contributed by atoms with van der Waals surface area (Å²) in [7, 11) is 1.94. The average molecular weight is 248 g/mol. The van der Waals surface area contributed by atoms with E-state index in [2.05, 4.69) is 23.3 Å². The lowest BCUT2D eigenvalue weighted by Crippen LogP contribution is -2.12. The van der Waals surface area contributed by atoms with Gasteiger partial charge in [0.1, 0.15) is 6.61 Å². The van der Waals surface area contributed by atoms with Gasteiger partial charge in [-0.25, -0.2) is 4.98 Å². The lowest BCUT2D eigenvalue weighted by molar-refractivity contribution is 0.297. The molecule has 4 heteroatoms. The van der Waals surface area contributed by atoms with Crippen molar-refractivity contribution in [3.8, 4) is 5.88 Å². The second kappa shape index (κ2) is 5.80. The van der Waals surface area contributed by atoms with Crippen LogP contribution in [0.3, 0.4) is 0 Å². The van der Waals surface area contributed by atoms with Crippen LogP contribution in [0.2, 0.25) is 0 Å². The number of nitrogens with zero attached hydrogens (tertiary/aromatic N) is 1. The van der Waals surface area contributed by atoms with Crippen molar-refractivity contribution in [3.05, 3.63) is 46.3 Å². The van der Waals surface area contributed by atoms with E-state index in [-0.39, 0.29) is 0 Å². The van der Waals surface area contributed by atoms with Gasteiger partial charge in [-0.3, -0.25) is 0 Å². The summed E-state index contributed by atoms with van der Waals surface area (Å²) in [5.74, 6) is 0.672. The van der Waals surface area contributed by atoms with Crippen molar-refractivity contribution >= 4 is 11.3 Å². The monoisotopic (exact) mass is 248 g/mol. The Morgan fingerprint density at radius 3 is 2.88 bits per heavy atom. The van der Waals surface area contributed by atoms with E-state index in [0.29, 0.717) is 18.5 Å². The van der Waals surface area contributed by atoms with Crippen molar-refractivity contribution in [2.75, 3.05) is 7.05 Å². The van der Waals surface area contributed by atoms with E-state index in [1.165, 1.54) is 4.88 Å². The Morgan fingerprint density at radius 2 is 2.29 bits per heavy atom. The molecule has 1 unspecified atom stereocenters. The number of thiophene rings is 1. The van der Waals surface area contributed by atoms with Crippen LogP contribution in [0, 0.1) is 0 Å². The third-order valence-electron chi connectivity index (χ3n) is 2.63. The van der Waals surface area contributed by atoms with E-state index in [1.54, 1.807) is 11.3 Å². The number of ether oxygens (including phenoxy) is 1. The summed E-state index contributed by atoms with van der Waals surface area (Å²) in [6, 6.07) is 8.35. The summed E-state index contributed by atoms with van der Waals surface area (Å²) in [6.45, 7) is 2.69. The molecule has 0 fully saturated rings. The maximum Gasteiger partial charge on any atom is 0.213 e. The largest absolute Gasteiger partial charge is 0.472 e. The van der Waals surface area contributed by atoms with Crippen molar-refractivity contribution in [2.45, 2.75) is 19.6 Å². The van der Waals surface area contributed by atoms with Gasteiger partial charge < -0.3 is 10.1 Å². The molecule has 1 N–H and O–H groups in total. The fraction of sp³-hybridized carbons (Fsp3) is 0.308. The maximum atomic E-state index is 5.60. The Labute approximate surface area is 105 Å². The van der Waals surface area contributed by atoms with Gasteiger partial charge in [0, 0.05) is 23.2 Å². The molecule has 0 aliphatic heterocycles. The Kier molecular flexibility index (Phi) is 4.12. The molecule has 0 spiro atoms. The van der Waals surface area contributed by atoms with Gasteiger partial charge in [-0.2, -0.15) is 0 Å². The van der Waals surface area contributed by atoms with Crippen LogP contribution in [-0.2, 0) is 6.61 Å². The fourth-order valence-corrected chi connectivity index (χ4v) is 2.06. The van der Waals surface area contributed by atoms with Crippen molar-refractivity contribution in [1.82, 2.24) is 10.3 Å². The first kappa shape index (κ1) is 12.1. The summed E-state index contributed by atoms with van der Waals surface area (Å²) in [6.07, 6.45) is 1.85. The van der Waals surface area contributed by atoms with Gasteiger partial charge >= 0.3 is 0 Å². The van der Waals surface area contributed by atoms with Gasteiger partial charge in [-0.05, 0) is 31.0 Å². The predicted octanol–water partition coefficient (Wildman–Crippen LogP) is 3.00. The minimum absolute atomic E-state index is 0.314. The molecule has 0 aromatic carbocycles. The maximum absolute atomic E-state index is 5.60. The highest BCUT2D eigenvalue weighted by molar-refractivity contribution is 7.09. The first-order chi connectivity index (χ1) is 8.29. The minimum Gasteiger partial charge on any atom is -0.472 e. The third-order valence-corrected chi connectivity index (χ3v) is 3.48. The number of hydrogen-bond donors (Lipinski definition) is 1. The smallest absolute Gasteiger partial charge is 0.213 e. The number of pyridine rings is 1. The van der Waals surface area contributed by atoms with Crippen LogP contribution in [0.25, 0.3) is 0 Å². The van der Waals surface area contributed by atoms with E-state index in [4.69, 9.17) is 4.74 Å². The first-order valence-corrected chi connectivity index (χ1v) is 6.46. The van der Waals surface area contributed by atoms with Gasteiger partial charge in [-0.15, -0.1) is 11.3 Å². The summed E-state index contributed by atoms with van der Waals surface area (Å²) in [4.78, 5) is 5.50. The molecule has 2 rings (SSSR count). The number of aromatic nitrogens is 1. The summed E-state index contributed by atoms with van der Waals surface area (Å²) >= 11 is 1.69. The first-order valence-electron chi connectivity index (χ1n) is 5.58. The second-order valence-electron chi connectivity index (χ2n) is 3.81. The Hall–Kier alpha value is -1.39. The molecule has 0 saturated carbocycles. The molecule has 90 valence electrons. The normalized spacial score (nSPS) is 12.4. The summed E-state index contributed by atoms with van der Waals surface area (Å²) in [5, 5.41) is 5.22. The molecule has 0 aliphatic rings. The summed E-state index contributed by atoms with van der Waals surface area (Å²) in [5.41, 5.74) is 1.16. The molecule has 0 amide bonds. The molecule has 17 heavy (non-hydrogen) atoms. The summed E-state index contributed by atoms with van der Waals surface area (Å²) < 4.78 is 5.60. The highest BCUT2D eigenvalue weighted by Crippen LogP contribution is 2.16. The molecular weight excluding hydrogens is 232 g/mol. The van der Waals surface area contributed by atoms with E-state index in [0.717, 1.165) is 5.56 Å². The molecule has 0 aliphatic carbocycles. The Bertz CT molecular complexity index is 439. The SMILES string of the molecule is CNC(C)c1ccc(OCc2cccs2)nc1. The molecule has 1 atom stereocenters. The molecule has 2 aromatic heterocycles. The topological polar surface area (TPSA) is 34.1 Å². The molecule has 0 bridgehead atoms. The van der Waals surface area contributed by atoms with Crippen LogP contribution < -0.4 is 10.1 Å². The Morgan fingerprint density at radius 1 is 1.41 bits per heavy atom. The quantitative estimate of drug-likeness (QED) is 0.883. The van der Waals surface area contributed by atoms with Crippen molar-refractivity contribution in [3.63, 3.8) is 0 Å². The molecule has 0 saturated heterocycles. The van der Waals surface area contributed by atoms with Crippen LogP contribution in [0.1, 0.15) is 23.4 Å². The van der Waals surface area contributed by atoms with Gasteiger partial charge in [0.05, 0.1) is 0 Å². The van der Waals surface area contributed by atoms with E-state index in [9.17, 15) is 0 Å². The van der Waals surface area contributed by atoms with Crippen molar-refractivity contribution in [2.24, 2.45) is 0 Å². The lowest BCUT2D eigenvalue weighted by Gasteiger charge is -2.10. The van der Waals surface area contributed by atoms with E-state index >= 15 is 0 Å². The standard InChI is InChI=1S/C13H16N2OS/c1-10(14-2)11-5-6-13(15-8-11)16-9-12-4-3-7-17-12/h3-8,10,14H,9H2,1-2H3. The highest BCUT2D eigenvalue weighted by Gasteiger charge is 2.03. The van der Waals surface area contributed by atoms with Crippen molar-refractivity contribution < 1.29 is 4.74 Å². The molecule has 2 aromatic rings. The van der Waals surface area contributed by atoms with Crippen LogP contribution in [-0.4, -0.2) is 12.0 Å². The lowest BCUT2D eigenvalue weighted by atomic mass is 10.1. The van der Waals surface area contributed by atoms with Crippen LogP contribution in [0.5, 0.6) is 5.88 Å². The van der Waals surface area contributed by atoms with E-state index < -0.39 is 0 Å². The second-order valence-corrected chi connectivity index (χ2v) is 4.84. The molecule has 2 heterocycles. The van der Waals surface area contributed by atoms with E-state index in [1.807, 2.05) is 36.8 Å². The zero-order valence-electron chi connectivity index (χ0n) is 10.0. The van der Waals surface area contributed by atoms with Gasteiger partial charge in [0.15, 0.2) is 0 Å². The van der Waals surface area contributed by atoms with Crippen LogP contribution in [0.15, 0.2) is 35.8 Å². The molecule has 3 nitrogen and oxygen atoms in total. The van der Waals surface area contributed by atoms with Crippen molar-refractivity contribution in [1.29, 1.82) is 0 Å². The number of rotatable bonds is 5. The van der Waals surface area contributed by atoms with Gasteiger partial charge in [-0.1, -0.05) is 12.1 Å². The van der Waals surface area contributed by atoms with Gasteiger partial charge in [0.2, 0.25) is 5.88 Å². The van der Waals surface area contributed by atoms with Crippen LogP contribution in [0.4, 0.5) is 0 Å². The zero-order valence-corrected chi connectivity index (χ0v) is 10.8. The third kappa shape index (κ3) is 3.28. The minimum atomic E-state index is 0.314. The van der Waals surface area contributed by atoms with Crippen LogP contribution >= 0.6 is 11.3 Å². The average Bonchev–Trinajstić information content (AvgIpc) is 2.89. The molecular formula is C13H16N2OS. The Balaban J connectivity index is 1.94. The zero-order chi connectivity index (χ0) is 12.1. The molecule has 0 radical (unpaired) electrons. The number of hydrogen-bond acceptors (Lipinski definition) is 4. The highest BCUT2D eigenvalue weighted by atomic mass is 32.1.